The predicted molar refractivity (Wildman–Crippen MR) is 71.2 cm³/mol. The molecule has 0 atom stereocenters. The number of benzene rings is 1. The molecule has 0 bridgehead atoms. The van der Waals surface area contributed by atoms with Gasteiger partial charge in [-0.3, -0.25) is 0 Å². The zero-order chi connectivity index (χ0) is 13.2. The minimum Gasteiger partial charge on any atom is -0.478 e. The molecule has 94 valence electrons. The molecule has 1 rings (SSSR count). The normalized spacial score (nSPS) is 12.2. The zero-order valence-corrected chi connectivity index (χ0v) is 11.8. The van der Waals surface area contributed by atoms with Gasteiger partial charge >= 0.3 is 5.97 Å². The first-order chi connectivity index (χ1) is 7.80. The molecule has 3 nitrogen and oxygen atoms in total. The summed E-state index contributed by atoms with van der Waals surface area (Å²) in [7, 11) is -2.62. The molecule has 17 heavy (non-hydrogen) atoms. The van der Waals surface area contributed by atoms with Crippen LogP contribution >= 0.6 is 0 Å². The summed E-state index contributed by atoms with van der Waals surface area (Å²) < 4.78 is 0. The Labute approximate surface area is 103 Å². The molecule has 0 aliphatic heterocycles. The van der Waals surface area contributed by atoms with E-state index in [1.54, 1.807) is 18.2 Å². The lowest BCUT2D eigenvalue weighted by molar-refractivity contribution is 0.0697. The van der Waals surface area contributed by atoms with E-state index in [1.165, 1.54) is 0 Å². The number of carbonyl (C=O) groups is 1. The molecular weight excluding hydrogens is 232 g/mol. The Balaban J connectivity index is 3.29. The Morgan fingerprint density at radius 1 is 1.18 bits per heavy atom. The molecule has 0 radical (unpaired) electrons. The summed E-state index contributed by atoms with van der Waals surface area (Å²) in [5, 5.41) is 9.79. The van der Waals surface area contributed by atoms with E-state index in [2.05, 4.69) is 0 Å². The van der Waals surface area contributed by atoms with E-state index in [1.807, 2.05) is 33.8 Å². The molecular formula is C13H20O3Si. The van der Waals surface area contributed by atoms with E-state index in [-0.39, 0.29) is 16.6 Å². The lowest BCUT2D eigenvalue weighted by atomic mass is 10.2. The summed E-state index contributed by atoms with van der Waals surface area (Å²) in [6.45, 7) is 8.00. The smallest absolute Gasteiger partial charge is 0.335 e. The Bertz CT molecular complexity index is 405. The van der Waals surface area contributed by atoms with Gasteiger partial charge in [0.2, 0.25) is 8.32 Å². The SMILES string of the molecule is CC(C)[Si](O)(c1cccc(C(=O)O)c1)C(C)C. The van der Waals surface area contributed by atoms with Gasteiger partial charge in [-0.1, -0.05) is 39.8 Å². The van der Waals surface area contributed by atoms with Gasteiger partial charge in [-0.25, -0.2) is 4.79 Å². The summed E-state index contributed by atoms with van der Waals surface area (Å²) in [6.07, 6.45) is 0. The van der Waals surface area contributed by atoms with Gasteiger partial charge in [0.1, 0.15) is 0 Å². The number of rotatable bonds is 4. The van der Waals surface area contributed by atoms with Crippen LogP contribution in [0.25, 0.3) is 0 Å². The zero-order valence-electron chi connectivity index (χ0n) is 10.8. The molecule has 0 spiro atoms. The van der Waals surface area contributed by atoms with Gasteiger partial charge in [0.05, 0.1) is 5.56 Å². The molecule has 1 aromatic carbocycles. The quantitative estimate of drug-likeness (QED) is 0.809. The van der Waals surface area contributed by atoms with Gasteiger partial charge in [0, 0.05) is 0 Å². The third-order valence-electron chi connectivity index (χ3n) is 3.33. The molecule has 4 heteroatoms. The van der Waals surface area contributed by atoms with Crippen molar-refractivity contribution in [2.75, 3.05) is 0 Å². The van der Waals surface area contributed by atoms with Crippen LogP contribution in [0.1, 0.15) is 38.1 Å². The third kappa shape index (κ3) is 2.58. The first-order valence-electron chi connectivity index (χ1n) is 5.86. The van der Waals surface area contributed by atoms with Crippen LogP contribution in [0.2, 0.25) is 11.1 Å². The molecule has 0 saturated carbocycles. The highest BCUT2D eigenvalue weighted by atomic mass is 28.4. The van der Waals surface area contributed by atoms with E-state index >= 15 is 0 Å². The number of hydrogen-bond acceptors (Lipinski definition) is 2. The number of carboxylic acids is 1. The predicted octanol–water partition coefficient (Wildman–Crippen LogP) is 2.35. The lowest BCUT2D eigenvalue weighted by Crippen LogP contribution is -2.53. The molecule has 0 heterocycles. The van der Waals surface area contributed by atoms with Crippen LogP contribution in [-0.4, -0.2) is 24.2 Å². The van der Waals surface area contributed by atoms with Crippen molar-refractivity contribution in [1.82, 2.24) is 0 Å². The minimum absolute atomic E-state index is 0.159. The van der Waals surface area contributed by atoms with E-state index in [0.717, 1.165) is 5.19 Å². The number of carboxylic acid groups (broad SMARTS) is 1. The topological polar surface area (TPSA) is 57.5 Å². The van der Waals surface area contributed by atoms with E-state index in [9.17, 15) is 9.59 Å². The van der Waals surface area contributed by atoms with Crippen molar-refractivity contribution in [3.63, 3.8) is 0 Å². The largest absolute Gasteiger partial charge is 0.478 e. The number of aromatic carboxylic acids is 1. The van der Waals surface area contributed by atoms with Crippen LogP contribution in [-0.2, 0) is 0 Å². The van der Waals surface area contributed by atoms with Gasteiger partial charge in [0.15, 0.2) is 0 Å². The Kier molecular flexibility index (Phi) is 4.11. The molecule has 0 aromatic heterocycles. The fourth-order valence-electron chi connectivity index (χ4n) is 2.23. The molecule has 0 aliphatic rings. The fraction of sp³-hybridized carbons (Fsp3) is 0.462. The van der Waals surface area contributed by atoms with Crippen molar-refractivity contribution in [3.05, 3.63) is 29.8 Å². The minimum atomic E-state index is -2.62. The van der Waals surface area contributed by atoms with Gasteiger partial charge in [0.25, 0.3) is 0 Å². The van der Waals surface area contributed by atoms with Crippen molar-refractivity contribution in [2.45, 2.75) is 38.8 Å². The maximum Gasteiger partial charge on any atom is 0.335 e. The lowest BCUT2D eigenvalue weighted by Gasteiger charge is -2.33. The summed E-state index contributed by atoms with van der Waals surface area (Å²) in [5.41, 5.74) is 0.563. The van der Waals surface area contributed by atoms with E-state index in [4.69, 9.17) is 5.11 Å². The maximum absolute atomic E-state index is 11.0. The van der Waals surface area contributed by atoms with Crippen molar-refractivity contribution in [1.29, 1.82) is 0 Å². The van der Waals surface area contributed by atoms with Crippen LogP contribution in [0.15, 0.2) is 24.3 Å². The average Bonchev–Trinajstić information content (AvgIpc) is 2.27. The van der Waals surface area contributed by atoms with Crippen LogP contribution in [0, 0.1) is 0 Å². The second kappa shape index (κ2) is 5.02. The highest BCUT2D eigenvalue weighted by molar-refractivity contribution is 6.87. The van der Waals surface area contributed by atoms with Gasteiger partial charge in [-0.15, -0.1) is 0 Å². The standard InChI is InChI=1S/C13H20O3Si/c1-9(2)17(16,10(3)4)12-7-5-6-11(8-12)13(14)15/h5-10,16H,1-4H3,(H,14,15). The van der Waals surface area contributed by atoms with Gasteiger partial charge in [-0.2, -0.15) is 0 Å². The highest BCUT2D eigenvalue weighted by Gasteiger charge is 2.40. The highest BCUT2D eigenvalue weighted by Crippen LogP contribution is 2.29. The van der Waals surface area contributed by atoms with E-state index in [0.29, 0.717) is 0 Å². The van der Waals surface area contributed by atoms with Crippen molar-refractivity contribution in [2.24, 2.45) is 0 Å². The molecule has 0 fully saturated rings. The first kappa shape index (κ1) is 13.9. The van der Waals surface area contributed by atoms with Crippen molar-refractivity contribution < 1.29 is 14.7 Å². The number of hydrogen-bond donors (Lipinski definition) is 2. The van der Waals surface area contributed by atoms with Crippen LogP contribution in [0.5, 0.6) is 0 Å². The second-order valence-corrected chi connectivity index (χ2v) is 9.56. The van der Waals surface area contributed by atoms with Crippen molar-refractivity contribution >= 4 is 19.5 Å². The molecule has 0 unspecified atom stereocenters. The summed E-state index contributed by atoms with van der Waals surface area (Å²) >= 11 is 0. The second-order valence-electron chi connectivity index (χ2n) is 5.02. The third-order valence-corrected chi connectivity index (χ3v) is 8.09. The first-order valence-corrected chi connectivity index (χ1v) is 7.96. The Morgan fingerprint density at radius 2 is 1.71 bits per heavy atom. The fourth-order valence-corrected chi connectivity index (χ4v) is 5.65. The Morgan fingerprint density at radius 3 is 2.12 bits per heavy atom. The monoisotopic (exact) mass is 252 g/mol. The Hall–Kier alpha value is -1.13. The van der Waals surface area contributed by atoms with Crippen LogP contribution < -0.4 is 5.19 Å². The van der Waals surface area contributed by atoms with E-state index < -0.39 is 14.3 Å². The molecule has 0 saturated heterocycles. The van der Waals surface area contributed by atoms with Gasteiger partial charge in [-0.05, 0) is 28.4 Å². The van der Waals surface area contributed by atoms with Crippen LogP contribution in [0.3, 0.4) is 0 Å². The van der Waals surface area contributed by atoms with Crippen molar-refractivity contribution in [3.8, 4) is 0 Å². The van der Waals surface area contributed by atoms with Gasteiger partial charge < -0.3 is 9.90 Å². The maximum atomic E-state index is 11.0. The van der Waals surface area contributed by atoms with Crippen LogP contribution in [0.4, 0.5) is 0 Å². The summed E-state index contributed by atoms with van der Waals surface area (Å²) in [6, 6.07) is 6.73. The average molecular weight is 252 g/mol. The molecule has 0 amide bonds. The summed E-state index contributed by atoms with van der Waals surface area (Å²) in [4.78, 5) is 21.8. The molecule has 2 N–H and O–H groups in total. The molecule has 0 aliphatic carbocycles. The molecule has 1 aromatic rings. The summed E-state index contributed by atoms with van der Waals surface area (Å²) in [5.74, 6) is -0.948.